The molecule has 1 aliphatic rings. The molecule has 0 saturated carbocycles. The Bertz CT molecular complexity index is 1030. The van der Waals surface area contributed by atoms with Crippen molar-refractivity contribution >= 4 is 17.5 Å². The fourth-order valence-electron chi connectivity index (χ4n) is 3.38. The van der Waals surface area contributed by atoms with E-state index < -0.39 is 0 Å². The van der Waals surface area contributed by atoms with E-state index in [0.29, 0.717) is 31.1 Å². The van der Waals surface area contributed by atoms with Gasteiger partial charge in [-0.25, -0.2) is 0 Å². The number of fused-ring (bicyclic) bond motifs is 1. The molecule has 0 atom stereocenters. The number of furan rings is 1. The normalized spacial score (nSPS) is 13.7. The fraction of sp³-hybridized carbons (Fsp3) is 0.286. The van der Waals surface area contributed by atoms with E-state index in [1.54, 1.807) is 17.0 Å². The van der Waals surface area contributed by atoms with Crippen LogP contribution < -0.4 is 5.32 Å². The summed E-state index contributed by atoms with van der Waals surface area (Å²) in [6.07, 6.45) is 2.29. The largest absolute Gasteiger partial charge is 0.459 e. The highest BCUT2D eigenvalue weighted by molar-refractivity contribution is 6.03. The Labute approximate surface area is 162 Å². The minimum absolute atomic E-state index is 0.136. The van der Waals surface area contributed by atoms with E-state index in [-0.39, 0.29) is 11.8 Å². The number of aromatic nitrogens is 2. The molecule has 0 radical (unpaired) electrons. The van der Waals surface area contributed by atoms with Gasteiger partial charge in [0.25, 0.3) is 11.8 Å². The summed E-state index contributed by atoms with van der Waals surface area (Å²) in [5, 5.41) is 7.36. The van der Waals surface area contributed by atoms with Crippen LogP contribution in [0.3, 0.4) is 0 Å². The van der Waals surface area contributed by atoms with Crippen LogP contribution in [-0.2, 0) is 13.1 Å². The number of nitrogens with zero attached hydrogens (tertiary/aromatic N) is 3. The van der Waals surface area contributed by atoms with Crippen molar-refractivity contribution in [3.63, 3.8) is 0 Å². The summed E-state index contributed by atoms with van der Waals surface area (Å²) in [6, 6.07) is 11.2. The highest BCUT2D eigenvalue weighted by Gasteiger charge is 2.25. The first-order valence-electron chi connectivity index (χ1n) is 9.30. The molecular weight excluding hydrogens is 356 g/mol. The van der Waals surface area contributed by atoms with Gasteiger partial charge in [0.1, 0.15) is 0 Å². The lowest BCUT2D eigenvalue weighted by atomic mass is 10.2. The van der Waals surface area contributed by atoms with Crippen molar-refractivity contribution in [2.75, 3.05) is 11.9 Å². The molecule has 2 aromatic heterocycles. The summed E-state index contributed by atoms with van der Waals surface area (Å²) in [5.41, 5.74) is 3.76. The monoisotopic (exact) mass is 378 g/mol. The Balaban J connectivity index is 1.53. The summed E-state index contributed by atoms with van der Waals surface area (Å²) in [5.74, 6) is -0.0248. The van der Waals surface area contributed by atoms with Gasteiger partial charge in [0.15, 0.2) is 11.5 Å². The van der Waals surface area contributed by atoms with Crippen LogP contribution in [0.25, 0.3) is 0 Å². The molecule has 28 heavy (non-hydrogen) atoms. The van der Waals surface area contributed by atoms with E-state index >= 15 is 0 Å². The number of rotatable bonds is 3. The molecule has 0 saturated heterocycles. The molecular formula is C21H22N4O3. The Morgan fingerprint density at radius 1 is 1.11 bits per heavy atom. The van der Waals surface area contributed by atoms with Crippen LogP contribution in [0.1, 0.15) is 44.3 Å². The number of hydrogen-bond donors (Lipinski definition) is 1. The van der Waals surface area contributed by atoms with Crippen LogP contribution in [-0.4, -0.2) is 33.0 Å². The van der Waals surface area contributed by atoms with Crippen molar-refractivity contribution in [1.29, 1.82) is 0 Å². The predicted molar refractivity (Wildman–Crippen MR) is 104 cm³/mol. The van der Waals surface area contributed by atoms with Crippen LogP contribution >= 0.6 is 0 Å². The standard InChI is InChI=1S/C21H22N4O3/c1-14-6-3-4-7-17(14)22-20(26)18-12-16-13-24(9-5-10-25(16)23-18)21(27)19-15(2)8-11-28-19/h3-4,6-8,11-12H,5,9-10,13H2,1-2H3,(H,22,26). The van der Waals surface area contributed by atoms with E-state index in [9.17, 15) is 9.59 Å². The summed E-state index contributed by atoms with van der Waals surface area (Å²) in [7, 11) is 0. The minimum atomic E-state index is -0.255. The first kappa shape index (κ1) is 18.0. The number of carbonyl (C=O) groups is 2. The molecule has 0 bridgehead atoms. The smallest absolute Gasteiger partial charge is 0.290 e. The molecule has 0 unspecified atom stereocenters. The van der Waals surface area contributed by atoms with Gasteiger partial charge >= 0.3 is 0 Å². The van der Waals surface area contributed by atoms with Crippen LogP contribution in [0.4, 0.5) is 5.69 Å². The first-order chi connectivity index (χ1) is 13.5. The number of para-hydroxylation sites is 1. The van der Waals surface area contributed by atoms with Gasteiger partial charge in [-0.2, -0.15) is 5.10 Å². The first-order valence-corrected chi connectivity index (χ1v) is 9.30. The van der Waals surface area contributed by atoms with Gasteiger partial charge in [-0.15, -0.1) is 0 Å². The van der Waals surface area contributed by atoms with E-state index in [1.807, 2.05) is 42.8 Å². The second-order valence-corrected chi connectivity index (χ2v) is 7.03. The Kier molecular flexibility index (Phi) is 4.73. The van der Waals surface area contributed by atoms with Crippen LogP contribution in [0, 0.1) is 13.8 Å². The molecule has 3 aromatic rings. The summed E-state index contributed by atoms with van der Waals surface area (Å²) in [6.45, 7) is 5.47. The average Bonchev–Trinajstić information content (AvgIpc) is 3.23. The third-order valence-electron chi connectivity index (χ3n) is 4.98. The lowest BCUT2D eigenvalue weighted by Crippen LogP contribution is -2.30. The molecule has 3 heterocycles. The maximum Gasteiger partial charge on any atom is 0.290 e. The summed E-state index contributed by atoms with van der Waals surface area (Å²) < 4.78 is 7.17. The Morgan fingerprint density at radius 2 is 1.93 bits per heavy atom. The highest BCUT2D eigenvalue weighted by Crippen LogP contribution is 2.20. The molecule has 0 fully saturated rings. The van der Waals surface area contributed by atoms with Crippen LogP contribution in [0.2, 0.25) is 0 Å². The van der Waals surface area contributed by atoms with Crippen molar-refractivity contribution < 1.29 is 14.0 Å². The second kappa shape index (κ2) is 7.34. The Hall–Kier alpha value is -3.35. The van der Waals surface area contributed by atoms with E-state index in [4.69, 9.17) is 4.42 Å². The molecule has 4 rings (SSSR count). The molecule has 1 aromatic carbocycles. The van der Waals surface area contributed by atoms with Crippen molar-refractivity contribution in [3.05, 3.63) is 70.9 Å². The molecule has 0 aliphatic carbocycles. The van der Waals surface area contributed by atoms with E-state index in [0.717, 1.165) is 28.9 Å². The van der Waals surface area contributed by atoms with Gasteiger partial charge in [0, 0.05) is 24.3 Å². The van der Waals surface area contributed by atoms with E-state index in [1.165, 1.54) is 6.26 Å². The summed E-state index contributed by atoms with van der Waals surface area (Å²) in [4.78, 5) is 27.2. The zero-order chi connectivity index (χ0) is 19.7. The number of aryl methyl sites for hydroxylation is 3. The van der Waals surface area contributed by atoms with Crippen molar-refractivity contribution in [2.45, 2.75) is 33.4 Å². The lowest BCUT2D eigenvalue weighted by Gasteiger charge is -2.18. The molecule has 7 heteroatoms. The van der Waals surface area contributed by atoms with Crippen molar-refractivity contribution in [2.24, 2.45) is 0 Å². The number of amides is 2. The number of benzene rings is 1. The van der Waals surface area contributed by atoms with Gasteiger partial charge in [-0.05, 0) is 44.0 Å². The zero-order valence-electron chi connectivity index (χ0n) is 15.9. The van der Waals surface area contributed by atoms with E-state index in [2.05, 4.69) is 10.4 Å². The highest BCUT2D eigenvalue weighted by atomic mass is 16.3. The van der Waals surface area contributed by atoms with Gasteiger partial charge in [0.05, 0.1) is 18.5 Å². The lowest BCUT2D eigenvalue weighted by molar-refractivity contribution is 0.0712. The zero-order valence-corrected chi connectivity index (χ0v) is 15.9. The number of anilines is 1. The van der Waals surface area contributed by atoms with Gasteiger partial charge in [-0.1, -0.05) is 18.2 Å². The SMILES string of the molecule is Cc1ccccc1NC(=O)c1cc2n(n1)CCCN(C(=O)c1occc1C)C2. The van der Waals surface area contributed by atoms with Gasteiger partial charge in [0.2, 0.25) is 0 Å². The molecule has 144 valence electrons. The Morgan fingerprint density at radius 3 is 2.68 bits per heavy atom. The number of carbonyl (C=O) groups excluding carboxylic acids is 2. The molecule has 2 amide bonds. The van der Waals surface area contributed by atoms with Gasteiger partial charge in [-0.3, -0.25) is 14.3 Å². The maximum atomic E-state index is 12.8. The second-order valence-electron chi connectivity index (χ2n) is 7.03. The van der Waals surface area contributed by atoms with Crippen LogP contribution in [0.5, 0.6) is 0 Å². The maximum absolute atomic E-state index is 12.8. The molecule has 7 nitrogen and oxygen atoms in total. The third-order valence-corrected chi connectivity index (χ3v) is 4.98. The minimum Gasteiger partial charge on any atom is -0.459 e. The number of hydrogen-bond acceptors (Lipinski definition) is 4. The fourth-order valence-corrected chi connectivity index (χ4v) is 3.38. The van der Waals surface area contributed by atoms with Crippen molar-refractivity contribution in [1.82, 2.24) is 14.7 Å². The molecule has 1 N–H and O–H groups in total. The van der Waals surface area contributed by atoms with Crippen molar-refractivity contribution in [3.8, 4) is 0 Å². The average molecular weight is 378 g/mol. The predicted octanol–water partition coefficient (Wildman–Crippen LogP) is 3.39. The summed E-state index contributed by atoms with van der Waals surface area (Å²) >= 11 is 0. The topological polar surface area (TPSA) is 80.4 Å². The van der Waals surface area contributed by atoms with Crippen LogP contribution in [0.15, 0.2) is 47.1 Å². The van der Waals surface area contributed by atoms with Gasteiger partial charge < -0.3 is 14.6 Å². The molecule has 0 spiro atoms. The quantitative estimate of drug-likeness (QED) is 0.758. The number of nitrogens with one attached hydrogen (secondary N) is 1. The third kappa shape index (κ3) is 3.43. The molecule has 1 aliphatic heterocycles.